The SMILES string of the molecule is CC(C)C(CNC(=O)N1CCC2(CC1)NC(=O)CO2)c1ccc(Cl)cc1. The predicted molar refractivity (Wildman–Crippen MR) is 100 cm³/mol. The monoisotopic (exact) mass is 379 g/mol. The number of urea groups is 1. The number of piperidine rings is 1. The lowest BCUT2D eigenvalue weighted by atomic mass is 9.88. The van der Waals surface area contributed by atoms with Crippen LogP contribution in [0.25, 0.3) is 0 Å². The van der Waals surface area contributed by atoms with Gasteiger partial charge in [0.05, 0.1) is 0 Å². The number of halogens is 1. The number of nitrogens with one attached hydrogen (secondary N) is 2. The third-order valence-corrected chi connectivity index (χ3v) is 5.53. The van der Waals surface area contributed by atoms with Crippen molar-refractivity contribution in [3.8, 4) is 0 Å². The summed E-state index contributed by atoms with van der Waals surface area (Å²) in [6.07, 6.45) is 1.24. The number of likely N-dealkylation sites (tertiary alicyclic amines) is 1. The van der Waals surface area contributed by atoms with E-state index in [1.54, 1.807) is 4.90 Å². The summed E-state index contributed by atoms with van der Waals surface area (Å²) in [6.45, 7) is 6.13. The first-order valence-electron chi connectivity index (χ1n) is 9.12. The van der Waals surface area contributed by atoms with E-state index in [4.69, 9.17) is 16.3 Å². The van der Waals surface area contributed by atoms with Crippen LogP contribution in [0.3, 0.4) is 0 Å². The van der Waals surface area contributed by atoms with Crippen molar-refractivity contribution in [2.45, 2.75) is 38.3 Å². The van der Waals surface area contributed by atoms with Crippen molar-refractivity contribution in [1.82, 2.24) is 15.5 Å². The Morgan fingerprint density at radius 2 is 1.96 bits per heavy atom. The molecule has 0 aromatic heterocycles. The number of amides is 3. The lowest BCUT2D eigenvalue weighted by molar-refractivity contribution is -0.119. The molecule has 1 aromatic carbocycles. The standard InChI is InChI=1S/C19H26ClN3O3/c1-13(2)16(14-3-5-15(20)6-4-14)11-21-18(25)23-9-7-19(8-10-23)22-17(24)12-26-19/h3-6,13,16H,7-12H2,1-2H3,(H,21,25)(H,22,24). The van der Waals surface area contributed by atoms with Gasteiger partial charge < -0.3 is 20.3 Å². The molecular formula is C19H26ClN3O3. The van der Waals surface area contributed by atoms with Gasteiger partial charge in [0.2, 0.25) is 5.91 Å². The average molecular weight is 380 g/mol. The maximum Gasteiger partial charge on any atom is 0.317 e. The van der Waals surface area contributed by atoms with E-state index in [9.17, 15) is 9.59 Å². The maximum atomic E-state index is 12.5. The van der Waals surface area contributed by atoms with Gasteiger partial charge >= 0.3 is 6.03 Å². The summed E-state index contributed by atoms with van der Waals surface area (Å²) < 4.78 is 5.59. The fraction of sp³-hybridized carbons (Fsp3) is 0.579. The summed E-state index contributed by atoms with van der Waals surface area (Å²) in [5, 5.41) is 6.66. The largest absolute Gasteiger partial charge is 0.346 e. The van der Waals surface area contributed by atoms with Crippen LogP contribution in [-0.4, -0.2) is 48.8 Å². The zero-order valence-corrected chi connectivity index (χ0v) is 16.0. The summed E-state index contributed by atoms with van der Waals surface area (Å²) in [6, 6.07) is 7.74. The number of ether oxygens (including phenoxy) is 1. The Morgan fingerprint density at radius 1 is 1.31 bits per heavy atom. The Balaban J connectivity index is 1.53. The minimum atomic E-state index is -0.572. The Kier molecular flexibility index (Phi) is 5.73. The fourth-order valence-electron chi connectivity index (χ4n) is 3.63. The molecule has 2 aliphatic heterocycles. The molecule has 1 aromatic rings. The molecule has 3 amide bonds. The smallest absolute Gasteiger partial charge is 0.317 e. The molecular weight excluding hydrogens is 354 g/mol. The zero-order valence-electron chi connectivity index (χ0n) is 15.3. The Morgan fingerprint density at radius 3 is 2.50 bits per heavy atom. The molecule has 0 radical (unpaired) electrons. The van der Waals surface area contributed by atoms with Gasteiger partial charge in [-0.15, -0.1) is 0 Å². The number of rotatable bonds is 4. The molecule has 1 spiro atoms. The van der Waals surface area contributed by atoms with Crippen LogP contribution in [-0.2, 0) is 9.53 Å². The third-order valence-electron chi connectivity index (χ3n) is 5.28. The van der Waals surface area contributed by atoms with E-state index < -0.39 is 5.72 Å². The quantitative estimate of drug-likeness (QED) is 0.845. The van der Waals surface area contributed by atoms with Gasteiger partial charge in [0.15, 0.2) is 0 Å². The van der Waals surface area contributed by atoms with Crippen LogP contribution in [0, 0.1) is 5.92 Å². The highest BCUT2D eigenvalue weighted by atomic mass is 35.5. The number of hydrogen-bond acceptors (Lipinski definition) is 3. The lowest BCUT2D eigenvalue weighted by Crippen LogP contribution is -2.55. The summed E-state index contributed by atoms with van der Waals surface area (Å²) in [5.41, 5.74) is 0.599. The van der Waals surface area contributed by atoms with Crippen LogP contribution in [0.4, 0.5) is 4.79 Å². The molecule has 1 unspecified atom stereocenters. The first kappa shape index (κ1) is 19.0. The van der Waals surface area contributed by atoms with Crippen LogP contribution in [0.2, 0.25) is 5.02 Å². The normalized spacial score (nSPS) is 20.3. The molecule has 2 saturated heterocycles. The second-order valence-corrected chi connectivity index (χ2v) is 7.84. The van der Waals surface area contributed by atoms with Crippen LogP contribution in [0.15, 0.2) is 24.3 Å². The predicted octanol–water partition coefficient (Wildman–Crippen LogP) is 2.73. The van der Waals surface area contributed by atoms with Crippen molar-refractivity contribution >= 4 is 23.5 Å². The molecule has 2 heterocycles. The molecule has 2 aliphatic rings. The Labute approximate surface area is 159 Å². The second kappa shape index (κ2) is 7.84. The average Bonchev–Trinajstić information content (AvgIpc) is 2.97. The number of carbonyl (C=O) groups excluding carboxylic acids is 2. The van der Waals surface area contributed by atoms with Crippen LogP contribution >= 0.6 is 11.6 Å². The van der Waals surface area contributed by atoms with E-state index in [1.807, 2.05) is 24.3 Å². The molecule has 3 rings (SSSR count). The number of hydrogen-bond donors (Lipinski definition) is 2. The van der Waals surface area contributed by atoms with E-state index in [0.29, 0.717) is 43.4 Å². The van der Waals surface area contributed by atoms with Crippen molar-refractivity contribution < 1.29 is 14.3 Å². The highest BCUT2D eigenvalue weighted by Gasteiger charge is 2.42. The Bertz CT molecular complexity index is 654. The van der Waals surface area contributed by atoms with E-state index in [1.165, 1.54) is 5.56 Å². The third kappa shape index (κ3) is 4.30. The molecule has 2 fully saturated rings. The minimum Gasteiger partial charge on any atom is -0.346 e. The molecule has 0 aliphatic carbocycles. The van der Waals surface area contributed by atoms with E-state index >= 15 is 0 Å². The molecule has 26 heavy (non-hydrogen) atoms. The lowest BCUT2D eigenvalue weighted by Gasteiger charge is -2.38. The summed E-state index contributed by atoms with van der Waals surface area (Å²) >= 11 is 5.97. The number of nitrogens with zero attached hydrogens (tertiary/aromatic N) is 1. The molecule has 7 heteroatoms. The second-order valence-electron chi connectivity index (χ2n) is 7.41. The summed E-state index contributed by atoms with van der Waals surface area (Å²) in [5.74, 6) is 0.540. The van der Waals surface area contributed by atoms with E-state index in [-0.39, 0.29) is 24.5 Å². The fourth-order valence-corrected chi connectivity index (χ4v) is 3.75. The Hall–Kier alpha value is -1.79. The molecule has 0 saturated carbocycles. The van der Waals surface area contributed by atoms with Crippen LogP contribution < -0.4 is 10.6 Å². The van der Waals surface area contributed by atoms with Gasteiger partial charge in [0, 0.05) is 43.4 Å². The topological polar surface area (TPSA) is 70.7 Å². The van der Waals surface area contributed by atoms with Gasteiger partial charge in [-0.2, -0.15) is 0 Å². The van der Waals surface area contributed by atoms with Crippen LogP contribution in [0.5, 0.6) is 0 Å². The van der Waals surface area contributed by atoms with Crippen molar-refractivity contribution in [2.75, 3.05) is 26.2 Å². The minimum absolute atomic E-state index is 0.0659. The summed E-state index contributed by atoms with van der Waals surface area (Å²) in [7, 11) is 0. The van der Waals surface area contributed by atoms with Gasteiger partial charge in [-0.3, -0.25) is 4.79 Å². The molecule has 1 atom stereocenters. The highest BCUT2D eigenvalue weighted by Crippen LogP contribution is 2.28. The van der Waals surface area contributed by atoms with Crippen LogP contribution in [0.1, 0.15) is 38.2 Å². The number of benzene rings is 1. The highest BCUT2D eigenvalue weighted by molar-refractivity contribution is 6.30. The van der Waals surface area contributed by atoms with E-state index in [0.717, 1.165) is 0 Å². The summed E-state index contributed by atoms with van der Waals surface area (Å²) in [4.78, 5) is 25.7. The van der Waals surface area contributed by atoms with Crippen molar-refractivity contribution in [1.29, 1.82) is 0 Å². The first-order chi connectivity index (χ1) is 12.4. The van der Waals surface area contributed by atoms with Crippen molar-refractivity contribution in [3.05, 3.63) is 34.9 Å². The van der Waals surface area contributed by atoms with Gasteiger partial charge in [-0.05, 0) is 23.6 Å². The molecule has 6 nitrogen and oxygen atoms in total. The molecule has 0 bridgehead atoms. The van der Waals surface area contributed by atoms with Gasteiger partial charge in [-0.25, -0.2) is 4.79 Å². The molecule has 2 N–H and O–H groups in total. The van der Waals surface area contributed by atoms with Gasteiger partial charge in [0.1, 0.15) is 12.3 Å². The van der Waals surface area contributed by atoms with E-state index in [2.05, 4.69) is 24.5 Å². The van der Waals surface area contributed by atoms with Gasteiger partial charge in [0.25, 0.3) is 0 Å². The van der Waals surface area contributed by atoms with Crippen molar-refractivity contribution in [2.24, 2.45) is 5.92 Å². The van der Waals surface area contributed by atoms with Crippen molar-refractivity contribution in [3.63, 3.8) is 0 Å². The maximum absolute atomic E-state index is 12.5. The van der Waals surface area contributed by atoms with Gasteiger partial charge in [-0.1, -0.05) is 37.6 Å². The number of carbonyl (C=O) groups is 2. The zero-order chi connectivity index (χ0) is 18.7. The first-order valence-corrected chi connectivity index (χ1v) is 9.49. The molecule has 142 valence electrons.